The molecular formula is C21H27N5O3S2. The highest BCUT2D eigenvalue weighted by Crippen LogP contribution is 2.35. The molecule has 1 aromatic heterocycles. The van der Waals surface area contributed by atoms with Crippen molar-refractivity contribution in [1.29, 1.82) is 5.26 Å². The number of hydrogen-bond donors (Lipinski definition) is 0. The zero-order chi connectivity index (χ0) is 22.7. The summed E-state index contributed by atoms with van der Waals surface area (Å²) in [5.41, 5.74) is 1.09. The monoisotopic (exact) mass is 461 g/mol. The van der Waals surface area contributed by atoms with Crippen LogP contribution in [-0.4, -0.2) is 78.1 Å². The van der Waals surface area contributed by atoms with Crippen LogP contribution in [0.3, 0.4) is 0 Å². The van der Waals surface area contributed by atoms with E-state index in [1.165, 1.54) is 16.3 Å². The molecule has 0 aliphatic carbocycles. The van der Waals surface area contributed by atoms with E-state index in [1.807, 2.05) is 6.07 Å². The van der Waals surface area contributed by atoms with E-state index in [1.54, 1.807) is 32.1 Å². The number of carbonyl (C=O) groups excluding carboxylic acids is 1. The predicted molar refractivity (Wildman–Crippen MR) is 127 cm³/mol. The van der Waals surface area contributed by atoms with Gasteiger partial charge in [0, 0.05) is 59.1 Å². The summed E-state index contributed by atoms with van der Waals surface area (Å²) in [7, 11) is 5.37. The highest BCUT2D eigenvalue weighted by Gasteiger charge is 2.33. The molecular weight excluding hydrogens is 434 g/mol. The number of hydrogen-bond acceptors (Lipinski definition) is 8. The number of pyridine rings is 1. The molecule has 1 amide bonds. The number of nitriles is 1. The fourth-order valence-electron chi connectivity index (χ4n) is 3.80. The van der Waals surface area contributed by atoms with Gasteiger partial charge in [0.05, 0.1) is 4.91 Å². The summed E-state index contributed by atoms with van der Waals surface area (Å²) in [4.78, 5) is 32.3. The van der Waals surface area contributed by atoms with Crippen LogP contribution in [0.1, 0.15) is 23.1 Å². The molecule has 2 saturated heterocycles. The summed E-state index contributed by atoms with van der Waals surface area (Å²) in [6, 6.07) is 2.04. The van der Waals surface area contributed by atoms with Crippen molar-refractivity contribution in [3.05, 3.63) is 31.9 Å². The number of nitrogens with zero attached hydrogens (tertiary/aromatic N) is 5. The minimum atomic E-state index is -0.321. The zero-order valence-corrected chi connectivity index (χ0v) is 19.9. The Balaban J connectivity index is 2.07. The van der Waals surface area contributed by atoms with Crippen LogP contribution >= 0.6 is 24.0 Å². The highest BCUT2D eigenvalue weighted by atomic mass is 32.2. The van der Waals surface area contributed by atoms with Crippen LogP contribution in [0.4, 0.5) is 5.82 Å². The molecule has 0 atom stereocenters. The molecule has 2 fully saturated rings. The maximum Gasteiger partial charge on any atom is 0.270 e. The van der Waals surface area contributed by atoms with E-state index in [-0.39, 0.29) is 17.0 Å². The Labute approximate surface area is 192 Å². The van der Waals surface area contributed by atoms with Gasteiger partial charge in [0.2, 0.25) is 0 Å². The number of ether oxygens (including phenoxy) is 1. The minimum Gasteiger partial charge on any atom is -0.385 e. The average molecular weight is 462 g/mol. The summed E-state index contributed by atoms with van der Waals surface area (Å²) in [5.74, 6) is 0.585. The summed E-state index contributed by atoms with van der Waals surface area (Å²) < 4.78 is 7.12. The molecule has 0 spiro atoms. The van der Waals surface area contributed by atoms with Crippen LogP contribution in [-0.2, 0) is 16.6 Å². The third-order valence-corrected chi connectivity index (χ3v) is 7.03. The smallest absolute Gasteiger partial charge is 0.270 e. The summed E-state index contributed by atoms with van der Waals surface area (Å²) in [6.45, 7) is 6.07. The second-order valence-corrected chi connectivity index (χ2v) is 9.36. The lowest BCUT2D eigenvalue weighted by Gasteiger charge is -2.36. The number of thioether (sulfide) groups is 1. The van der Waals surface area contributed by atoms with Crippen molar-refractivity contribution in [2.75, 3.05) is 58.4 Å². The molecule has 0 N–H and O–H groups in total. The van der Waals surface area contributed by atoms with E-state index < -0.39 is 0 Å². The zero-order valence-electron chi connectivity index (χ0n) is 18.3. The number of piperazine rings is 1. The van der Waals surface area contributed by atoms with Crippen molar-refractivity contribution in [2.24, 2.45) is 7.05 Å². The molecule has 31 heavy (non-hydrogen) atoms. The molecule has 0 aromatic carbocycles. The largest absolute Gasteiger partial charge is 0.385 e. The van der Waals surface area contributed by atoms with E-state index in [4.69, 9.17) is 17.0 Å². The minimum absolute atomic E-state index is 0.0993. The van der Waals surface area contributed by atoms with Crippen LogP contribution < -0.4 is 10.5 Å². The summed E-state index contributed by atoms with van der Waals surface area (Å²) >= 11 is 6.68. The number of thiocarbonyl (C=S) groups is 1. The number of rotatable bonds is 6. The van der Waals surface area contributed by atoms with Gasteiger partial charge in [-0.15, -0.1) is 0 Å². The first-order chi connectivity index (χ1) is 14.8. The summed E-state index contributed by atoms with van der Waals surface area (Å²) in [6.07, 6.45) is 2.49. The van der Waals surface area contributed by atoms with Gasteiger partial charge in [0.1, 0.15) is 21.8 Å². The quantitative estimate of drug-likeness (QED) is 0.359. The predicted octanol–water partition coefficient (Wildman–Crippen LogP) is 1.55. The van der Waals surface area contributed by atoms with Gasteiger partial charge < -0.3 is 14.5 Å². The first-order valence-electron chi connectivity index (χ1n) is 10.1. The molecule has 8 nitrogen and oxygen atoms in total. The molecule has 0 saturated carbocycles. The second-order valence-electron chi connectivity index (χ2n) is 7.68. The van der Waals surface area contributed by atoms with Crippen LogP contribution in [0.5, 0.6) is 0 Å². The Morgan fingerprint density at radius 2 is 1.90 bits per heavy atom. The molecule has 2 aliphatic heterocycles. The Morgan fingerprint density at radius 3 is 2.52 bits per heavy atom. The number of carbonyl (C=O) groups is 1. The van der Waals surface area contributed by atoms with Gasteiger partial charge in [-0.2, -0.15) is 5.26 Å². The molecule has 3 rings (SSSR count). The fourth-order valence-corrected chi connectivity index (χ4v) is 5.09. The van der Waals surface area contributed by atoms with Crippen molar-refractivity contribution in [3.63, 3.8) is 0 Å². The standard InChI is InChI=1S/C21H27N5O3S2/c1-14-15(12-17-20(28)26(21(30)31-17)6-5-11-29-4)18(24(3)19(27)16(14)13-22)25-9-7-23(2)8-10-25/h12H,5-11H2,1-4H3/b17-12+. The van der Waals surface area contributed by atoms with Gasteiger partial charge in [0.25, 0.3) is 11.5 Å². The van der Waals surface area contributed by atoms with E-state index >= 15 is 0 Å². The number of likely N-dealkylation sites (N-methyl/N-ethyl adjacent to an activating group) is 1. The molecule has 3 heterocycles. The normalized spacial score (nSPS) is 18.9. The number of amides is 1. The van der Waals surface area contributed by atoms with Crippen molar-refractivity contribution >= 4 is 46.1 Å². The van der Waals surface area contributed by atoms with Gasteiger partial charge in [-0.1, -0.05) is 24.0 Å². The Kier molecular flexibility index (Phi) is 7.54. The topological polar surface area (TPSA) is 81.8 Å². The van der Waals surface area contributed by atoms with Crippen molar-refractivity contribution in [1.82, 2.24) is 14.4 Å². The molecule has 10 heteroatoms. The lowest BCUT2D eigenvalue weighted by molar-refractivity contribution is -0.122. The Hall–Kier alpha value is -2.19. The number of methoxy groups -OCH3 is 1. The summed E-state index contributed by atoms with van der Waals surface area (Å²) in [5, 5.41) is 9.58. The van der Waals surface area contributed by atoms with E-state index in [9.17, 15) is 14.9 Å². The van der Waals surface area contributed by atoms with Crippen LogP contribution in [0.2, 0.25) is 0 Å². The van der Waals surface area contributed by atoms with E-state index in [2.05, 4.69) is 16.8 Å². The molecule has 166 valence electrons. The lowest BCUT2D eigenvalue weighted by atomic mass is 10.0. The van der Waals surface area contributed by atoms with Crippen LogP contribution in [0.15, 0.2) is 9.70 Å². The maximum absolute atomic E-state index is 13.0. The van der Waals surface area contributed by atoms with Crippen LogP contribution in [0, 0.1) is 18.3 Å². The van der Waals surface area contributed by atoms with Gasteiger partial charge in [0.15, 0.2) is 0 Å². The third kappa shape index (κ3) is 4.70. The Bertz CT molecular complexity index is 1020. The molecule has 0 bridgehead atoms. The van der Waals surface area contributed by atoms with Crippen LogP contribution in [0.25, 0.3) is 6.08 Å². The van der Waals surface area contributed by atoms with E-state index in [0.717, 1.165) is 37.6 Å². The number of anilines is 1. The van der Waals surface area contributed by atoms with Gasteiger partial charge in [-0.25, -0.2) is 0 Å². The highest BCUT2D eigenvalue weighted by molar-refractivity contribution is 8.26. The molecule has 2 aliphatic rings. The van der Waals surface area contributed by atoms with Gasteiger partial charge in [-0.3, -0.25) is 19.1 Å². The van der Waals surface area contributed by atoms with Crippen molar-refractivity contribution < 1.29 is 9.53 Å². The fraction of sp³-hybridized carbons (Fsp3) is 0.524. The maximum atomic E-state index is 13.0. The first-order valence-corrected chi connectivity index (χ1v) is 11.3. The Morgan fingerprint density at radius 1 is 1.23 bits per heavy atom. The lowest BCUT2D eigenvalue weighted by Crippen LogP contribution is -2.46. The van der Waals surface area contributed by atoms with E-state index in [0.29, 0.717) is 34.4 Å². The van der Waals surface area contributed by atoms with Gasteiger partial charge in [-0.05, 0) is 32.0 Å². The first kappa shape index (κ1) is 23.5. The molecule has 0 unspecified atom stereocenters. The molecule has 0 radical (unpaired) electrons. The second kappa shape index (κ2) is 9.96. The average Bonchev–Trinajstić information content (AvgIpc) is 3.01. The van der Waals surface area contributed by atoms with Crippen molar-refractivity contribution in [3.8, 4) is 6.07 Å². The van der Waals surface area contributed by atoms with Crippen molar-refractivity contribution in [2.45, 2.75) is 13.3 Å². The number of aromatic nitrogens is 1. The van der Waals surface area contributed by atoms with Gasteiger partial charge >= 0.3 is 0 Å². The molecule has 1 aromatic rings. The SMILES string of the molecule is COCCCN1C(=O)/C(=C\c2c(C)c(C#N)c(=O)n(C)c2N2CCN(C)CC2)SC1=S. The third-order valence-electron chi connectivity index (χ3n) is 5.65.